The lowest BCUT2D eigenvalue weighted by Gasteiger charge is -2.32. The first-order valence-corrected chi connectivity index (χ1v) is 162. The third kappa shape index (κ3) is 86.4. The monoisotopic (exact) mass is 3690 g/mol. The van der Waals surface area contributed by atoms with Gasteiger partial charge < -0.3 is 9.31 Å². The Kier molecular flexibility index (Phi) is 120. The van der Waals surface area contributed by atoms with Crippen LogP contribution in [0.5, 0.6) is 0 Å². The molecule has 1 aliphatic heterocycles. The molecule has 4 aromatic carbocycles. The van der Waals surface area contributed by atoms with E-state index in [9.17, 15) is 0 Å². The lowest BCUT2D eigenvalue weighted by molar-refractivity contribution is 0.00578. The molecule has 1 fully saturated rings. The molecule has 106 heteroatoms. The fourth-order valence-corrected chi connectivity index (χ4v) is 272. The predicted octanol–water partition coefficient (Wildman–Crippen LogP) is 6.17. The van der Waals surface area contributed by atoms with Crippen molar-refractivity contribution < 1.29 is 9.31 Å². The van der Waals surface area contributed by atoms with Gasteiger partial charge in [-0.25, -0.2) is 9.97 Å². The van der Waals surface area contributed by atoms with E-state index in [1.807, 2.05) is 773 Å². The highest BCUT2D eigenvalue weighted by molar-refractivity contribution is 8.87. The highest BCUT2D eigenvalue weighted by atomic mass is 33.6. The molecule has 2 heterocycles. The molecule has 1 saturated heterocycles. The zero-order valence-electron chi connectivity index (χ0n) is 61.7. The minimum absolute atomic E-state index is 0.372. The van der Waals surface area contributed by atoms with Gasteiger partial charge in [0.1, 0.15) is 0 Å². The number of fused-ring (bicyclic) bond motifs is 3. The number of nitrogens with zero attached hydrogens (tertiary/aromatic N) is 2. The number of aromatic nitrogens is 2. The van der Waals surface area contributed by atoms with Crippen molar-refractivity contribution in [2.45, 2.75) is 38.9 Å². The van der Waals surface area contributed by atoms with Crippen LogP contribution in [0.3, 0.4) is 0 Å². The average molecular weight is 3700 g/mol. The highest BCUT2D eigenvalue weighted by Crippen LogP contribution is 2.37. The lowest BCUT2D eigenvalue weighted by Crippen LogP contribution is -2.41. The maximum absolute atomic E-state index is 6.23. The van der Waals surface area contributed by atoms with Crippen LogP contribution in [-0.2, 0) is 911 Å². The topological polar surface area (TPSA) is 44.2 Å². The van der Waals surface area contributed by atoms with E-state index >= 15 is 0 Å². The summed E-state index contributed by atoms with van der Waals surface area (Å²) in [5.41, 5.74) is 4.17. The van der Waals surface area contributed by atoms with Crippen molar-refractivity contribution in [2.24, 2.45) is 0 Å². The fourth-order valence-electron chi connectivity index (χ4n) is 5.68. The minimum Gasteiger partial charge on any atom is -0.399 e. The van der Waals surface area contributed by atoms with Crippen LogP contribution in [0.25, 0.3) is 44.3 Å². The van der Waals surface area contributed by atoms with E-state index in [-0.39, 0.29) is 11.2 Å². The predicted molar refractivity (Wildman–Crippen MR) is 887 cm³/mol. The molecule has 0 radical (unpaired) electrons. The Balaban J connectivity index is 0.000000759. The first-order valence-electron chi connectivity index (χ1n) is 28.7. The Morgan fingerprint density at radius 1 is 0.191 bits per heavy atom. The maximum Gasteiger partial charge on any atom is 0.494 e. The Hall–Kier alpha value is 18.7. The van der Waals surface area contributed by atoms with Crippen molar-refractivity contribution in [1.29, 1.82) is 0 Å². The lowest BCUT2D eigenvalue weighted by atomic mass is 9.79. The second-order valence-electron chi connectivity index (χ2n) is 16.9. The summed E-state index contributed by atoms with van der Waals surface area (Å²) in [6.45, 7) is 8.28. The SMILES string of the molecule is CC1(C)OB(c2ccc(-c3nc(-c4ccccc4)c4ccc5ccccc5c4n3)cc2)OC1(C)C.S=S=S=S=S=S=S=S=S=S=S=S=S=S=S=S=S=S=S=S=S=S=S=S=S=S=S=S=S=S=S=S=S=S=S=S=S=S=S=S=S=S=S=S=S=S=S=S=S=S=S=S=S=S=S=S=S=S=S=S=S=S=S=S=S=S=S=S=S=S=S=S=S=S=S=S=S=S=S=S=S=S=S=S=S=S=S=S=S=S=S=S=S=S=S=S=S=S=S=S=S. The van der Waals surface area contributed by atoms with Crippen LogP contribution in [0.1, 0.15) is 27.7 Å². The van der Waals surface area contributed by atoms with Crippen LogP contribution in [0.4, 0.5) is 0 Å². The molecule has 0 bridgehead atoms. The molecule has 1 aromatic heterocycles. The molecule has 136 heavy (non-hydrogen) atoms. The van der Waals surface area contributed by atoms with Crippen LogP contribution >= 0.6 is 0 Å². The Labute approximate surface area is 1080 Å². The maximum atomic E-state index is 6.23. The third-order valence-electron chi connectivity index (χ3n) is 10.1. The van der Waals surface area contributed by atoms with Crippen LogP contribution < -0.4 is 5.46 Å². The molecule has 4 nitrogen and oxygen atoms in total. The molecule has 6 rings (SSSR count). The van der Waals surface area contributed by atoms with Gasteiger partial charge in [0.05, 0.1) is 22.4 Å². The van der Waals surface area contributed by atoms with Gasteiger partial charge in [-0.05, 0) is 44.6 Å². The summed E-state index contributed by atoms with van der Waals surface area (Å²) in [7, 11) is 179. The molecule has 0 N–H and O–H groups in total. The Morgan fingerprint density at radius 2 is 0.382 bits per heavy atom. The van der Waals surface area contributed by atoms with Crippen molar-refractivity contribution in [2.75, 3.05) is 0 Å². The standard InChI is InChI=1S/C30H27BN2O2.S101/c1-29(2)30(3,4)35-31(34-29)23-17-14-22(15-18-23)28-32-26(21-11-6-5-7-12-21)25-19-16-20-10-8-9-13-24(20)27(25)33-28;1-3-5-7-9-11-13-15-17-19-21-23-25-27-29-31-33-35-37-39-41-43-45-47-49-51-53-55-57-59-61-63-65-67-69-71-73-75-77-79-81-83-85-87-89-91-93-95-97-99-101-100-98-96-94-92-90-88-86-84-82-80-78-76-74-72-70-68-66-64-62-60-58-56-54-52-50-48-46-44-42-40-38-36-34-32-30-28-26-24-22-20-18-16-14-12-10-8-6-4-2/h5-19H,1-4H3;. The molecule has 0 amide bonds. The number of benzene rings is 4. The highest BCUT2D eigenvalue weighted by Gasteiger charge is 2.51. The van der Waals surface area contributed by atoms with Gasteiger partial charge in [-0.2, -0.15) is 0 Å². The van der Waals surface area contributed by atoms with Crippen molar-refractivity contribution in [1.82, 2.24) is 9.97 Å². The van der Waals surface area contributed by atoms with E-state index < -0.39 is 7.12 Å². The van der Waals surface area contributed by atoms with Crippen LogP contribution in [0.15, 0.2) is 91.0 Å². The number of hydrogen-bond acceptors (Lipinski definition) is 6. The minimum atomic E-state index is -0.393. The molecule has 0 atom stereocenters. The molecule has 0 saturated carbocycles. The molecule has 1 aliphatic rings. The van der Waals surface area contributed by atoms with E-state index in [0.29, 0.717) is 5.82 Å². The summed E-state index contributed by atoms with van der Waals surface area (Å²) >= 11 is 9.66. The van der Waals surface area contributed by atoms with E-state index in [0.717, 1.165) is 38.6 Å². The summed E-state index contributed by atoms with van der Waals surface area (Å²) in [6, 6.07) is 31.2. The Bertz CT molecular complexity index is 10100. The summed E-state index contributed by atoms with van der Waals surface area (Å²) in [6.07, 6.45) is 0. The van der Waals surface area contributed by atoms with E-state index in [1.54, 1.807) is 107 Å². The van der Waals surface area contributed by atoms with E-state index in [1.165, 1.54) is 23.1 Å². The van der Waals surface area contributed by atoms with Gasteiger partial charge in [0, 0.05) is 923 Å². The zero-order valence-corrected chi connectivity index (χ0v) is 144. The number of rotatable bonds is 3. The average Bonchev–Trinajstić information content (AvgIpc) is 1.10. The third-order valence-corrected chi connectivity index (χ3v) is 228. The number of hydrogen-bond donors (Lipinski definition) is 0. The van der Waals surface area contributed by atoms with Gasteiger partial charge in [-0.3, -0.25) is 0 Å². The molecule has 0 unspecified atom stereocenters. The van der Waals surface area contributed by atoms with Gasteiger partial charge in [-0.15, -0.1) is 0 Å². The van der Waals surface area contributed by atoms with Crippen LogP contribution in [0.2, 0.25) is 0 Å². The summed E-state index contributed by atoms with van der Waals surface area (Å²) in [4.78, 5) is 10.1. The van der Waals surface area contributed by atoms with Gasteiger partial charge in [-0.1, -0.05) is 84.9 Å². The normalized spacial score (nSPS) is 10.2. The van der Waals surface area contributed by atoms with Gasteiger partial charge >= 0.3 is 7.12 Å². The zero-order chi connectivity index (χ0) is 96.2. The molecule has 0 aliphatic carbocycles. The summed E-state index contributed by atoms with van der Waals surface area (Å²) in [5, 5.41) is 3.34. The smallest absolute Gasteiger partial charge is 0.399 e. The van der Waals surface area contributed by atoms with Gasteiger partial charge in [0.15, 0.2) is 5.82 Å². The van der Waals surface area contributed by atoms with Gasteiger partial charge in [0.2, 0.25) is 0 Å². The molecule has 5 aromatic rings. The second kappa shape index (κ2) is 112. The van der Waals surface area contributed by atoms with Gasteiger partial charge in [0.25, 0.3) is 0 Å². The molecule has 0 spiro atoms. The van der Waals surface area contributed by atoms with Crippen molar-refractivity contribution >= 4 is 936 Å². The van der Waals surface area contributed by atoms with E-state index in [4.69, 9.17) is 41.7 Å². The van der Waals surface area contributed by atoms with E-state index in [2.05, 4.69) is 100 Å². The van der Waals surface area contributed by atoms with Crippen LogP contribution in [-0.4, -0.2) is 28.3 Å². The second-order valence-corrected chi connectivity index (χ2v) is 192. The fraction of sp³-hybridized carbons (Fsp3) is 0.200. The Morgan fingerprint density at radius 3 is 0.588 bits per heavy atom. The van der Waals surface area contributed by atoms with Crippen molar-refractivity contribution in [3.05, 3.63) is 91.0 Å². The quantitative estimate of drug-likeness (QED) is 0.159. The first kappa shape index (κ1) is 145. The summed E-state index contributed by atoms with van der Waals surface area (Å²) < 4.78 is 12.5. The van der Waals surface area contributed by atoms with Crippen molar-refractivity contribution in [3.63, 3.8) is 0 Å². The van der Waals surface area contributed by atoms with Crippen molar-refractivity contribution in [3.8, 4) is 22.6 Å². The molecule has 778 valence electrons. The largest absolute Gasteiger partial charge is 0.494 e. The van der Waals surface area contributed by atoms with Crippen LogP contribution in [0, 0.1) is 0 Å². The summed E-state index contributed by atoms with van der Waals surface area (Å²) in [5.74, 6) is 0.702. The molecular weight excluding hydrogens is 3670 g/mol. The first-order chi connectivity index (χ1) is 67.2. The molecular formula is C30H27BN2O2S101.